The minimum atomic E-state index is -4.29. The van der Waals surface area contributed by atoms with E-state index in [4.69, 9.17) is 0 Å². The van der Waals surface area contributed by atoms with Crippen LogP contribution in [0.15, 0.2) is 47.4 Å². The maximum atomic E-state index is 13.5. The summed E-state index contributed by atoms with van der Waals surface area (Å²) in [5, 5.41) is 0. The summed E-state index contributed by atoms with van der Waals surface area (Å²) in [6.45, 7) is 0. The number of rotatable bonds is 3. The summed E-state index contributed by atoms with van der Waals surface area (Å²) in [7, 11) is -4.29. The van der Waals surface area contributed by atoms with Crippen LogP contribution in [-0.2, 0) is 10.0 Å². The molecule has 2 rings (SSSR count). The third kappa shape index (κ3) is 3.21. The van der Waals surface area contributed by atoms with Crippen LogP contribution in [0.1, 0.15) is 0 Å². The first kappa shape index (κ1) is 14.2. The summed E-state index contributed by atoms with van der Waals surface area (Å²) >= 11 is 2.00. The summed E-state index contributed by atoms with van der Waals surface area (Å²) in [6.07, 6.45) is 0. The second-order valence-electron chi connectivity index (χ2n) is 3.67. The standard InChI is InChI=1S/C12H8F2INO2S/c13-10-5-2-6-11(14)12(10)19(17,18)16-9-4-1-3-8(15)7-9/h1-7,16H. The highest BCUT2D eigenvalue weighted by molar-refractivity contribution is 14.1. The lowest BCUT2D eigenvalue weighted by Crippen LogP contribution is -2.16. The van der Waals surface area contributed by atoms with Gasteiger partial charge in [-0.25, -0.2) is 17.2 Å². The summed E-state index contributed by atoms with van der Waals surface area (Å²) in [5.74, 6) is -2.25. The van der Waals surface area contributed by atoms with Crippen molar-refractivity contribution < 1.29 is 17.2 Å². The van der Waals surface area contributed by atoms with Crippen molar-refractivity contribution in [3.63, 3.8) is 0 Å². The van der Waals surface area contributed by atoms with E-state index in [1.54, 1.807) is 18.2 Å². The fraction of sp³-hybridized carbons (Fsp3) is 0. The van der Waals surface area contributed by atoms with Crippen LogP contribution >= 0.6 is 22.6 Å². The lowest BCUT2D eigenvalue weighted by Gasteiger charge is -2.09. The highest BCUT2D eigenvalue weighted by atomic mass is 127. The van der Waals surface area contributed by atoms with Crippen LogP contribution in [0.2, 0.25) is 0 Å². The Morgan fingerprint density at radius 1 is 1.00 bits per heavy atom. The molecular weight excluding hydrogens is 387 g/mol. The molecule has 1 N–H and O–H groups in total. The summed E-state index contributed by atoms with van der Waals surface area (Å²) < 4.78 is 53.8. The van der Waals surface area contributed by atoms with Crippen molar-refractivity contribution >= 4 is 38.3 Å². The van der Waals surface area contributed by atoms with Gasteiger partial charge in [-0.05, 0) is 52.9 Å². The van der Waals surface area contributed by atoms with Gasteiger partial charge in [-0.2, -0.15) is 0 Å². The average Bonchev–Trinajstić information content (AvgIpc) is 2.27. The van der Waals surface area contributed by atoms with E-state index in [2.05, 4.69) is 4.72 Å². The molecule has 0 saturated carbocycles. The van der Waals surface area contributed by atoms with Crippen molar-refractivity contribution in [3.8, 4) is 0 Å². The van der Waals surface area contributed by atoms with E-state index in [0.29, 0.717) is 0 Å². The largest absolute Gasteiger partial charge is 0.279 e. The molecule has 100 valence electrons. The Morgan fingerprint density at radius 2 is 1.58 bits per heavy atom. The lowest BCUT2D eigenvalue weighted by atomic mass is 10.3. The van der Waals surface area contributed by atoms with Crippen molar-refractivity contribution in [3.05, 3.63) is 57.7 Å². The number of hydrogen-bond donors (Lipinski definition) is 1. The first-order valence-electron chi connectivity index (χ1n) is 5.12. The summed E-state index contributed by atoms with van der Waals surface area (Å²) in [4.78, 5) is -0.978. The molecule has 2 aromatic rings. The topological polar surface area (TPSA) is 46.2 Å². The molecule has 0 bridgehead atoms. The van der Waals surface area contributed by atoms with Gasteiger partial charge in [0.2, 0.25) is 0 Å². The van der Waals surface area contributed by atoms with E-state index >= 15 is 0 Å². The smallest absolute Gasteiger partial charge is 0.267 e. The zero-order valence-electron chi connectivity index (χ0n) is 9.40. The molecule has 0 amide bonds. The van der Waals surface area contributed by atoms with Gasteiger partial charge in [0.1, 0.15) is 11.6 Å². The highest BCUT2D eigenvalue weighted by Crippen LogP contribution is 2.22. The Kier molecular flexibility index (Phi) is 4.04. The molecule has 0 aliphatic heterocycles. The van der Waals surface area contributed by atoms with Gasteiger partial charge in [0.05, 0.1) is 0 Å². The van der Waals surface area contributed by atoms with E-state index in [0.717, 1.165) is 21.8 Å². The van der Waals surface area contributed by atoms with Gasteiger partial charge in [0.15, 0.2) is 4.90 Å². The van der Waals surface area contributed by atoms with Crippen LogP contribution in [0.25, 0.3) is 0 Å². The van der Waals surface area contributed by atoms with Gasteiger partial charge in [-0.1, -0.05) is 12.1 Å². The molecule has 0 aromatic heterocycles. The lowest BCUT2D eigenvalue weighted by molar-refractivity contribution is 0.521. The van der Waals surface area contributed by atoms with Crippen molar-refractivity contribution in [2.75, 3.05) is 4.72 Å². The number of halogens is 3. The normalized spacial score (nSPS) is 11.3. The number of benzene rings is 2. The molecule has 0 saturated heterocycles. The van der Waals surface area contributed by atoms with Gasteiger partial charge in [0.25, 0.3) is 10.0 Å². The number of anilines is 1. The van der Waals surface area contributed by atoms with Crippen LogP contribution in [0.4, 0.5) is 14.5 Å². The van der Waals surface area contributed by atoms with E-state index in [1.165, 1.54) is 6.07 Å². The SMILES string of the molecule is O=S(=O)(Nc1cccc(I)c1)c1c(F)cccc1F. The molecule has 0 spiro atoms. The molecule has 0 fully saturated rings. The molecule has 2 aromatic carbocycles. The molecule has 0 aliphatic rings. The van der Waals surface area contributed by atoms with Gasteiger partial charge >= 0.3 is 0 Å². The zero-order valence-corrected chi connectivity index (χ0v) is 12.4. The molecule has 0 radical (unpaired) electrons. The van der Waals surface area contributed by atoms with E-state index in [9.17, 15) is 17.2 Å². The zero-order chi connectivity index (χ0) is 14.0. The number of sulfonamides is 1. The second-order valence-corrected chi connectivity index (χ2v) is 6.53. The summed E-state index contributed by atoms with van der Waals surface area (Å²) in [6, 6.07) is 9.35. The van der Waals surface area contributed by atoms with Crippen molar-refractivity contribution in [1.29, 1.82) is 0 Å². The van der Waals surface area contributed by atoms with Crippen molar-refractivity contribution in [1.82, 2.24) is 0 Å². The van der Waals surface area contributed by atoms with Crippen LogP contribution in [0.3, 0.4) is 0 Å². The van der Waals surface area contributed by atoms with E-state index in [-0.39, 0.29) is 5.69 Å². The number of nitrogens with one attached hydrogen (secondary N) is 1. The second kappa shape index (κ2) is 5.41. The Hall–Kier alpha value is -1.22. The van der Waals surface area contributed by atoms with Crippen LogP contribution in [0.5, 0.6) is 0 Å². The molecule has 0 unspecified atom stereocenters. The van der Waals surface area contributed by atoms with Crippen molar-refractivity contribution in [2.45, 2.75) is 4.90 Å². The fourth-order valence-electron chi connectivity index (χ4n) is 1.50. The van der Waals surface area contributed by atoms with Gasteiger partial charge < -0.3 is 0 Å². The van der Waals surface area contributed by atoms with Crippen LogP contribution in [-0.4, -0.2) is 8.42 Å². The minimum absolute atomic E-state index is 0.245. The molecule has 19 heavy (non-hydrogen) atoms. The van der Waals surface area contributed by atoms with Crippen LogP contribution < -0.4 is 4.72 Å². The van der Waals surface area contributed by atoms with Crippen LogP contribution in [0, 0.1) is 15.2 Å². The minimum Gasteiger partial charge on any atom is -0.279 e. The first-order chi connectivity index (χ1) is 8.90. The predicted molar refractivity (Wildman–Crippen MR) is 76.3 cm³/mol. The Bertz CT molecular complexity index is 699. The highest BCUT2D eigenvalue weighted by Gasteiger charge is 2.23. The van der Waals surface area contributed by atoms with Gasteiger partial charge in [0, 0.05) is 9.26 Å². The average molecular weight is 395 g/mol. The predicted octanol–water partition coefficient (Wildman–Crippen LogP) is 3.37. The molecule has 0 atom stereocenters. The number of hydrogen-bond acceptors (Lipinski definition) is 2. The van der Waals surface area contributed by atoms with E-state index < -0.39 is 26.6 Å². The van der Waals surface area contributed by atoms with E-state index in [1.807, 2.05) is 22.6 Å². The molecule has 3 nitrogen and oxygen atoms in total. The summed E-state index contributed by atoms with van der Waals surface area (Å²) in [5.41, 5.74) is 0.245. The fourth-order valence-corrected chi connectivity index (χ4v) is 3.23. The Morgan fingerprint density at radius 3 is 2.16 bits per heavy atom. The molecule has 0 heterocycles. The molecule has 7 heteroatoms. The van der Waals surface area contributed by atoms with Gasteiger partial charge in [-0.3, -0.25) is 4.72 Å². The monoisotopic (exact) mass is 395 g/mol. The Balaban J connectivity index is 2.44. The maximum absolute atomic E-state index is 13.5. The van der Waals surface area contributed by atoms with Gasteiger partial charge in [-0.15, -0.1) is 0 Å². The maximum Gasteiger partial charge on any atom is 0.267 e. The third-order valence-corrected chi connectivity index (χ3v) is 4.37. The first-order valence-corrected chi connectivity index (χ1v) is 7.69. The quantitative estimate of drug-likeness (QED) is 0.811. The third-order valence-electron chi connectivity index (χ3n) is 2.26. The molecular formula is C12H8F2INO2S. The van der Waals surface area contributed by atoms with Crippen molar-refractivity contribution in [2.24, 2.45) is 0 Å². The molecule has 0 aliphatic carbocycles. The Labute approximate surface area is 122 Å².